The molecule has 0 aromatic carbocycles. The predicted octanol–water partition coefficient (Wildman–Crippen LogP) is 4.33. The number of likely N-dealkylation sites (tertiary alicyclic amines) is 1. The van der Waals surface area contributed by atoms with Crippen molar-refractivity contribution in [3.8, 4) is 0 Å². The van der Waals surface area contributed by atoms with E-state index in [1.54, 1.807) is 23.1 Å². The first-order valence-corrected chi connectivity index (χ1v) is 13.1. The number of piperidine rings is 1. The number of rotatable bonds is 7. The maximum atomic E-state index is 13.4. The van der Waals surface area contributed by atoms with Crippen LogP contribution in [0.5, 0.6) is 0 Å². The number of amides is 1. The molecule has 0 radical (unpaired) electrons. The first-order chi connectivity index (χ1) is 16.4. The van der Waals surface area contributed by atoms with Crippen molar-refractivity contribution in [1.82, 2.24) is 19.7 Å². The van der Waals surface area contributed by atoms with Crippen LogP contribution in [0.4, 0.5) is 0 Å². The molecule has 1 aliphatic heterocycles. The van der Waals surface area contributed by atoms with Crippen molar-refractivity contribution in [2.75, 3.05) is 0 Å². The summed E-state index contributed by atoms with van der Waals surface area (Å²) in [5, 5.41) is 5.14. The van der Waals surface area contributed by atoms with Gasteiger partial charge < -0.3 is 4.90 Å². The van der Waals surface area contributed by atoms with E-state index in [1.165, 1.54) is 51.9 Å². The Morgan fingerprint density at radius 3 is 2.62 bits per heavy atom. The topological polar surface area (TPSA) is 85.2 Å². The molecule has 1 amide bonds. The van der Waals surface area contributed by atoms with Crippen LogP contribution in [-0.4, -0.2) is 49.2 Å². The van der Waals surface area contributed by atoms with Crippen molar-refractivity contribution in [3.05, 3.63) is 24.2 Å². The van der Waals surface area contributed by atoms with E-state index in [1.807, 2.05) is 4.90 Å². The van der Waals surface area contributed by atoms with Crippen LogP contribution in [-0.2, 0) is 16.1 Å². The third-order valence-electron chi connectivity index (χ3n) is 9.32. The molecule has 3 heterocycles. The van der Waals surface area contributed by atoms with Crippen LogP contribution >= 0.6 is 0 Å². The number of fused-ring (bicyclic) bond motifs is 2. The molecular weight excluding hydrogens is 428 g/mol. The Kier molecular flexibility index (Phi) is 5.34. The molecule has 2 aromatic rings. The number of aromatic nitrogens is 3. The van der Waals surface area contributed by atoms with Gasteiger partial charge in [-0.25, -0.2) is 0 Å². The van der Waals surface area contributed by atoms with Crippen LogP contribution in [0.2, 0.25) is 0 Å². The highest BCUT2D eigenvalue weighted by Crippen LogP contribution is 2.53. The van der Waals surface area contributed by atoms with Crippen molar-refractivity contribution >= 4 is 28.4 Å². The van der Waals surface area contributed by atoms with Gasteiger partial charge in [0.15, 0.2) is 11.6 Å². The second-order valence-corrected chi connectivity index (χ2v) is 11.4. The molecule has 3 atom stereocenters. The molecule has 7 heteroatoms. The van der Waals surface area contributed by atoms with Gasteiger partial charge in [-0.05, 0) is 81.1 Å². The van der Waals surface area contributed by atoms with Gasteiger partial charge in [0.1, 0.15) is 12.2 Å². The summed E-state index contributed by atoms with van der Waals surface area (Å²) in [5.74, 6) is 1.17. The lowest BCUT2D eigenvalue weighted by Gasteiger charge is -2.47. The summed E-state index contributed by atoms with van der Waals surface area (Å²) >= 11 is 0. The van der Waals surface area contributed by atoms with E-state index >= 15 is 0 Å². The molecule has 3 saturated carbocycles. The summed E-state index contributed by atoms with van der Waals surface area (Å²) < 4.78 is 1.58. The molecule has 7 nitrogen and oxygen atoms in total. The standard InChI is InChI=1S/C27H34N4O3/c1-17(32)26-20-7-12-28-15-23(20)30(29-26)16-25(34)31-21-13-19(21)14-22(31)24(33)4-3-18-5-10-27(11-6-18)8-2-9-27/h7,12,15,18-19,21-22H,2-6,8-11,13-14,16H2,1H3/t19-,21-,22+/m1/s1. The predicted molar refractivity (Wildman–Crippen MR) is 127 cm³/mol. The zero-order valence-corrected chi connectivity index (χ0v) is 20.0. The lowest BCUT2D eigenvalue weighted by atomic mass is 9.59. The minimum atomic E-state index is -0.287. The van der Waals surface area contributed by atoms with Crippen LogP contribution in [0.1, 0.15) is 88.0 Å². The molecule has 34 heavy (non-hydrogen) atoms. The van der Waals surface area contributed by atoms with Crippen LogP contribution in [0.3, 0.4) is 0 Å². The normalized spacial score (nSPS) is 27.6. The first-order valence-electron chi connectivity index (χ1n) is 13.1. The average molecular weight is 463 g/mol. The molecule has 6 rings (SSSR count). The van der Waals surface area contributed by atoms with Crippen LogP contribution in [0, 0.1) is 17.3 Å². The SMILES string of the molecule is CC(=O)c1nn(CC(=O)N2[C@@H]3C[C@@H]3C[C@H]2C(=O)CCC2CCC3(CCC3)CC2)c2cnccc12. The summed E-state index contributed by atoms with van der Waals surface area (Å²) in [6.07, 6.45) is 16.1. The number of carbonyl (C=O) groups is 3. The lowest BCUT2D eigenvalue weighted by Crippen LogP contribution is -2.44. The largest absolute Gasteiger partial charge is 0.328 e. The third kappa shape index (κ3) is 3.77. The van der Waals surface area contributed by atoms with E-state index in [0.717, 1.165) is 19.3 Å². The van der Waals surface area contributed by atoms with Crippen molar-refractivity contribution < 1.29 is 14.4 Å². The second kappa shape index (κ2) is 8.28. The minimum absolute atomic E-state index is 0.0349. The first kappa shape index (κ1) is 21.9. The third-order valence-corrected chi connectivity index (χ3v) is 9.32. The Morgan fingerprint density at radius 1 is 1.12 bits per heavy atom. The summed E-state index contributed by atoms with van der Waals surface area (Å²) in [4.78, 5) is 44.7. The molecule has 1 spiro atoms. The Labute approximate surface area is 200 Å². The van der Waals surface area contributed by atoms with E-state index in [2.05, 4.69) is 10.1 Å². The number of nitrogens with zero attached hydrogens (tertiary/aromatic N) is 4. The van der Waals surface area contributed by atoms with Crippen molar-refractivity contribution in [2.45, 2.75) is 96.2 Å². The molecule has 1 saturated heterocycles. The summed E-state index contributed by atoms with van der Waals surface area (Å²) in [7, 11) is 0. The monoisotopic (exact) mass is 462 g/mol. The van der Waals surface area contributed by atoms with E-state index in [0.29, 0.717) is 40.3 Å². The molecule has 180 valence electrons. The fraction of sp³-hybridized carbons (Fsp3) is 0.667. The molecule has 3 aliphatic carbocycles. The van der Waals surface area contributed by atoms with Crippen molar-refractivity contribution in [3.63, 3.8) is 0 Å². The number of Topliss-reactive ketones (excluding diaryl/α,β-unsaturated/α-hetero) is 2. The average Bonchev–Trinajstić information content (AvgIpc) is 3.32. The van der Waals surface area contributed by atoms with Gasteiger partial charge in [0, 0.05) is 31.0 Å². The Morgan fingerprint density at radius 2 is 1.91 bits per heavy atom. The maximum Gasteiger partial charge on any atom is 0.245 e. The Hall–Kier alpha value is -2.57. The molecule has 2 aromatic heterocycles. The number of hydrogen-bond donors (Lipinski definition) is 0. The van der Waals surface area contributed by atoms with E-state index < -0.39 is 0 Å². The van der Waals surface area contributed by atoms with Gasteiger partial charge in [-0.3, -0.25) is 24.0 Å². The number of pyridine rings is 1. The van der Waals surface area contributed by atoms with Gasteiger partial charge in [0.05, 0.1) is 17.8 Å². The smallest absolute Gasteiger partial charge is 0.245 e. The number of ketones is 2. The molecule has 0 unspecified atom stereocenters. The Balaban J connectivity index is 1.11. The van der Waals surface area contributed by atoms with Gasteiger partial charge in [-0.2, -0.15) is 5.10 Å². The molecule has 0 bridgehead atoms. The highest BCUT2D eigenvalue weighted by atomic mass is 16.2. The van der Waals surface area contributed by atoms with Gasteiger partial charge in [-0.15, -0.1) is 0 Å². The van der Waals surface area contributed by atoms with Crippen molar-refractivity contribution in [1.29, 1.82) is 0 Å². The van der Waals surface area contributed by atoms with Gasteiger partial charge in [0.2, 0.25) is 5.91 Å². The molecule has 4 aliphatic rings. The number of hydrogen-bond acceptors (Lipinski definition) is 5. The van der Waals surface area contributed by atoms with E-state index in [4.69, 9.17) is 0 Å². The molecule has 4 fully saturated rings. The quantitative estimate of drug-likeness (QED) is 0.572. The zero-order valence-electron chi connectivity index (χ0n) is 20.0. The second-order valence-electron chi connectivity index (χ2n) is 11.4. The highest BCUT2D eigenvalue weighted by Gasteiger charge is 2.55. The Bertz CT molecular complexity index is 1140. The van der Waals surface area contributed by atoms with Gasteiger partial charge >= 0.3 is 0 Å². The maximum absolute atomic E-state index is 13.4. The van der Waals surface area contributed by atoms with E-state index in [9.17, 15) is 14.4 Å². The minimum Gasteiger partial charge on any atom is -0.328 e. The summed E-state index contributed by atoms with van der Waals surface area (Å²) in [5.41, 5.74) is 1.70. The molecular formula is C27H34N4O3. The highest BCUT2D eigenvalue weighted by molar-refractivity contribution is 6.04. The van der Waals surface area contributed by atoms with Crippen LogP contribution < -0.4 is 0 Å². The van der Waals surface area contributed by atoms with Gasteiger partial charge in [0.25, 0.3) is 0 Å². The van der Waals surface area contributed by atoms with Crippen LogP contribution in [0.25, 0.3) is 10.9 Å². The summed E-state index contributed by atoms with van der Waals surface area (Å²) in [6.45, 7) is 1.52. The fourth-order valence-electron chi connectivity index (χ4n) is 6.98. The van der Waals surface area contributed by atoms with Crippen LogP contribution in [0.15, 0.2) is 18.5 Å². The van der Waals surface area contributed by atoms with Gasteiger partial charge in [-0.1, -0.05) is 6.42 Å². The zero-order chi connectivity index (χ0) is 23.4. The lowest BCUT2D eigenvalue weighted by molar-refractivity contribution is -0.139. The summed E-state index contributed by atoms with van der Waals surface area (Å²) in [6, 6.07) is 1.67. The fourth-order valence-corrected chi connectivity index (χ4v) is 6.98. The van der Waals surface area contributed by atoms with Crippen molar-refractivity contribution in [2.24, 2.45) is 17.3 Å². The molecule has 0 N–H and O–H groups in total. The van der Waals surface area contributed by atoms with E-state index in [-0.39, 0.29) is 36.1 Å². The number of carbonyl (C=O) groups excluding carboxylic acids is 3.